The van der Waals surface area contributed by atoms with Crippen molar-refractivity contribution < 1.29 is 20.1 Å². The third-order valence-corrected chi connectivity index (χ3v) is 5.36. The molecule has 32 heavy (non-hydrogen) atoms. The lowest BCUT2D eigenvalue weighted by atomic mass is 10.1. The number of phenols is 2. The molecule has 0 saturated carbocycles. The number of aromatic hydroxyl groups is 2. The Morgan fingerprint density at radius 1 is 1.03 bits per heavy atom. The number of phenolic OH excluding ortho intramolecular Hbond substituents is 2. The number of nitrogens with zero attached hydrogens (tertiary/aromatic N) is 3. The van der Waals surface area contributed by atoms with Crippen LogP contribution in [-0.4, -0.2) is 48.7 Å². The summed E-state index contributed by atoms with van der Waals surface area (Å²) in [7, 11) is 0. The molecule has 0 spiro atoms. The van der Waals surface area contributed by atoms with E-state index in [0.717, 1.165) is 25.7 Å². The van der Waals surface area contributed by atoms with Crippen molar-refractivity contribution in [2.24, 2.45) is 5.73 Å². The maximum atomic E-state index is 11.5. The Morgan fingerprint density at radius 2 is 1.84 bits per heavy atom. The Labute approximate surface area is 184 Å². The minimum absolute atomic E-state index is 0.140. The Kier molecular flexibility index (Phi) is 6.09. The van der Waals surface area contributed by atoms with Gasteiger partial charge < -0.3 is 26.4 Å². The summed E-state index contributed by atoms with van der Waals surface area (Å²) in [5.74, 6) is -0.928. The van der Waals surface area contributed by atoms with Crippen molar-refractivity contribution in [1.82, 2.24) is 14.4 Å². The lowest BCUT2D eigenvalue weighted by Crippen LogP contribution is -2.08. The van der Waals surface area contributed by atoms with Crippen molar-refractivity contribution in [3.63, 3.8) is 0 Å². The molecular weight excluding hydrogens is 410 g/mol. The summed E-state index contributed by atoms with van der Waals surface area (Å²) < 4.78 is 1.87. The van der Waals surface area contributed by atoms with Gasteiger partial charge in [-0.2, -0.15) is 0 Å². The van der Waals surface area contributed by atoms with Gasteiger partial charge in [-0.25, -0.2) is 14.8 Å². The normalized spacial score (nSPS) is 11.3. The standard InChI is InChI=1S/C23H25N5O4/c24-9-3-1-2-4-10-25-21-22-26-13-18(14-6-8-19(29)20(30)12-14)28(22)17-7-5-15(23(31)32)11-16(17)27-21/h5-8,11-13,29-30H,1-4,9-10,24H2,(H,25,27)(H,31,32). The number of aromatic carboxylic acids is 1. The van der Waals surface area contributed by atoms with Gasteiger partial charge in [-0.1, -0.05) is 12.8 Å². The molecule has 4 rings (SSSR count). The number of nitrogens with two attached hydrogens (primary N) is 1. The number of imidazole rings is 1. The average Bonchev–Trinajstić information content (AvgIpc) is 3.23. The summed E-state index contributed by atoms with van der Waals surface area (Å²) in [4.78, 5) is 20.7. The van der Waals surface area contributed by atoms with Crippen LogP contribution in [0.1, 0.15) is 36.0 Å². The molecule has 2 heterocycles. The zero-order valence-corrected chi connectivity index (χ0v) is 17.5. The molecule has 0 atom stereocenters. The first-order chi connectivity index (χ1) is 15.5. The summed E-state index contributed by atoms with van der Waals surface area (Å²) >= 11 is 0. The smallest absolute Gasteiger partial charge is 0.335 e. The van der Waals surface area contributed by atoms with Crippen molar-refractivity contribution in [3.8, 4) is 22.8 Å². The minimum atomic E-state index is -1.03. The number of fused-ring (bicyclic) bond motifs is 3. The quantitative estimate of drug-likeness (QED) is 0.198. The van der Waals surface area contributed by atoms with Gasteiger partial charge in [-0.3, -0.25) is 4.40 Å². The molecule has 9 nitrogen and oxygen atoms in total. The van der Waals surface area contributed by atoms with Gasteiger partial charge in [0.2, 0.25) is 0 Å². The molecule has 0 aliphatic heterocycles. The fourth-order valence-corrected chi connectivity index (χ4v) is 3.70. The van der Waals surface area contributed by atoms with E-state index in [1.165, 1.54) is 24.3 Å². The maximum Gasteiger partial charge on any atom is 0.335 e. The van der Waals surface area contributed by atoms with Crippen LogP contribution in [0.3, 0.4) is 0 Å². The first kappa shape index (κ1) is 21.4. The van der Waals surface area contributed by atoms with Gasteiger partial charge in [0.1, 0.15) is 0 Å². The number of carboxylic acid groups (broad SMARTS) is 1. The average molecular weight is 435 g/mol. The molecule has 2 aromatic heterocycles. The molecular formula is C23H25N5O4. The number of benzene rings is 2. The second-order valence-electron chi connectivity index (χ2n) is 7.60. The van der Waals surface area contributed by atoms with Crippen molar-refractivity contribution in [2.45, 2.75) is 25.7 Å². The van der Waals surface area contributed by atoms with Crippen LogP contribution in [0.25, 0.3) is 27.9 Å². The van der Waals surface area contributed by atoms with Gasteiger partial charge in [-0.15, -0.1) is 0 Å². The fraction of sp³-hybridized carbons (Fsp3) is 0.261. The number of rotatable bonds is 9. The topological polar surface area (TPSA) is 146 Å². The molecule has 0 fully saturated rings. The second-order valence-corrected chi connectivity index (χ2v) is 7.60. The summed E-state index contributed by atoms with van der Waals surface area (Å²) in [6.45, 7) is 1.38. The predicted molar refractivity (Wildman–Crippen MR) is 122 cm³/mol. The highest BCUT2D eigenvalue weighted by molar-refractivity contribution is 5.94. The molecule has 6 N–H and O–H groups in total. The van der Waals surface area contributed by atoms with Crippen LogP contribution in [0.2, 0.25) is 0 Å². The summed E-state index contributed by atoms with van der Waals surface area (Å²) in [5, 5.41) is 32.4. The molecule has 4 aromatic rings. The fourth-order valence-electron chi connectivity index (χ4n) is 3.70. The Balaban J connectivity index is 1.80. The van der Waals surface area contributed by atoms with Crippen LogP contribution in [0.5, 0.6) is 11.5 Å². The third kappa shape index (κ3) is 4.15. The Morgan fingerprint density at radius 3 is 2.59 bits per heavy atom. The minimum Gasteiger partial charge on any atom is -0.504 e. The Hall–Kier alpha value is -3.85. The van der Waals surface area contributed by atoms with Gasteiger partial charge in [0.15, 0.2) is 23.0 Å². The molecule has 0 unspecified atom stereocenters. The molecule has 166 valence electrons. The van der Waals surface area contributed by atoms with Gasteiger partial charge in [0, 0.05) is 12.1 Å². The van der Waals surface area contributed by atoms with Crippen molar-refractivity contribution >= 4 is 28.5 Å². The molecule has 2 aromatic carbocycles. The second kappa shape index (κ2) is 9.11. The van der Waals surface area contributed by atoms with Crippen molar-refractivity contribution in [2.75, 3.05) is 18.4 Å². The van der Waals surface area contributed by atoms with Crippen LogP contribution in [0.4, 0.5) is 5.82 Å². The van der Waals surface area contributed by atoms with Gasteiger partial charge in [0.25, 0.3) is 0 Å². The molecule has 0 bridgehead atoms. The van der Waals surface area contributed by atoms with E-state index < -0.39 is 5.97 Å². The molecule has 0 saturated heterocycles. The van der Waals surface area contributed by atoms with E-state index in [0.29, 0.717) is 46.8 Å². The molecule has 0 aliphatic carbocycles. The summed E-state index contributed by atoms with van der Waals surface area (Å²) in [6, 6.07) is 9.30. The van der Waals surface area contributed by atoms with Gasteiger partial charge in [0.05, 0.1) is 28.5 Å². The third-order valence-electron chi connectivity index (χ3n) is 5.36. The largest absolute Gasteiger partial charge is 0.504 e. The van der Waals surface area contributed by atoms with E-state index in [1.54, 1.807) is 18.3 Å². The SMILES string of the molecule is NCCCCCCNc1nc2cc(C(=O)O)ccc2n2c(-c3ccc(O)c(O)c3)cnc12. The molecule has 0 amide bonds. The number of aromatic nitrogens is 3. The molecule has 0 radical (unpaired) electrons. The van der Waals surface area contributed by atoms with Crippen molar-refractivity contribution in [1.29, 1.82) is 0 Å². The van der Waals surface area contributed by atoms with Crippen LogP contribution in [0.15, 0.2) is 42.6 Å². The van der Waals surface area contributed by atoms with Crippen LogP contribution in [0, 0.1) is 0 Å². The van der Waals surface area contributed by atoms with Crippen LogP contribution >= 0.6 is 0 Å². The summed E-state index contributed by atoms with van der Waals surface area (Å²) in [5.41, 5.74) is 8.78. The number of nitrogens with one attached hydrogen (secondary N) is 1. The number of hydrogen-bond donors (Lipinski definition) is 5. The van der Waals surface area contributed by atoms with E-state index in [2.05, 4.69) is 15.3 Å². The van der Waals surface area contributed by atoms with E-state index in [9.17, 15) is 20.1 Å². The number of hydrogen-bond acceptors (Lipinski definition) is 7. The number of carboxylic acids is 1. The summed E-state index contributed by atoms with van der Waals surface area (Å²) in [6.07, 6.45) is 5.72. The van der Waals surface area contributed by atoms with E-state index in [1.807, 2.05) is 4.40 Å². The zero-order chi connectivity index (χ0) is 22.7. The highest BCUT2D eigenvalue weighted by Crippen LogP contribution is 2.33. The molecule has 0 aliphatic rings. The van der Waals surface area contributed by atoms with Crippen LogP contribution < -0.4 is 11.1 Å². The molecule has 9 heteroatoms. The highest BCUT2D eigenvalue weighted by atomic mass is 16.4. The van der Waals surface area contributed by atoms with Gasteiger partial charge >= 0.3 is 5.97 Å². The predicted octanol–water partition coefficient (Wildman–Crippen LogP) is 3.59. The highest BCUT2D eigenvalue weighted by Gasteiger charge is 2.17. The zero-order valence-electron chi connectivity index (χ0n) is 17.5. The first-order valence-electron chi connectivity index (χ1n) is 10.5. The number of anilines is 1. The van der Waals surface area contributed by atoms with Crippen molar-refractivity contribution in [3.05, 3.63) is 48.2 Å². The van der Waals surface area contributed by atoms with E-state index >= 15 is 0 Å². The number of carbonyl (C=O) groups is 1. The van der Waals surface area contributed by atoms with Gasteiger partial charge in [-0.05, 0) is 55.8 Å². The van der Waals surface area contributed by atoms with E-state index in [4.69, 9.17) is 5.73 Å². The number of unbranched alkanes of at least 4 members (excludes halogenated alkanes) is 3. The lowest BCUT2D eigenvalue weighted by molar-refractivity contribution is 0.0697. The Bertz CT molecular complexity index is 1280. The maximum absolute atomic E-state index is 11.5. The first-order valence-corrected chi connectivity index (χ1v) is 10.5. The van der Waals surface area contributed by atoms with Crippen LogP contribution in [-0.2, 0) is 0 Å². The monoisotopic (exact) mass is 435 g/mol. The lowest BCUT2D eigenvalue weighted by Gasteiger charge is -2.12. The van der Waals surface area contributed by atoms with E-state index in [-0.39, 0.29) is 17.1 Å².